The first-order valence-electron chi connectivity index (χ1n) is 9.24. The van der Waals surface area contributed by atoms with Crippen molar-refractivity contribution in [2.45, 2.75) is 13.8 Å². The molecule has 0 atom stereocenters. The molecule has 1 aromatic carbocycles. The maximum Gasteiger partial charge on any atom is 0.234 e. The fraction of sp³-hybridized carbons (Fsp3) is 0.579. The topological polar surface area (TPSA) is 73.9 Å². The van der Waals surface area contributed by atoms with Gasteiger partial charge < -0.3 is 15.4 Å². The van der Waals surface area contributed by atoms with E-state index in [1.165, 1.54) is 0 Å². The van der Waals surface area contributed by atoms with Gasteiger partial charge in [0.05, 0.1) is 19.6 Å². The second-order valence-electron chi connectivity index (χ2n) is 6.52. The van der Waals surface area contributed by atoms with E-state index >= 15 is 0 Å². The Morgan fingerprint density at radius 3 is 2.23 bits per heavy atom. The number of nitrogens with one attached hydrogen (secondary N) is 2. The van der Waals surface area contributed by atoms with Crippen LogP contribution in [0.15, 0.2) is 24.3 Å². The zero-order valence-electron chi connectivity index (χ0n) is 15.8. The molecule has 0 spiro atoms. The van der Waals surface area contributed by atoms with Crippen molar-refractivity contribution in [2.75, 3.05) is 59.0 Å². The number of piperazine rings is 1. The summed E-state index contributed by atoms with van der Waals surface area (Å²) < 4.78 is 5.63. The van der Waals surface area contributed by atoms with Gasteiger partial charge in [0.15, 0.2) is 0 Å². The molecule has 0 bridgehead atoms. The number of ether oxygens (including phenoxy) is 1. The van der Waals surface area contributed by atoms with Crippen molar-refractivity contribution in [3.8, 4) is 5.75 Å². The summed E-state index contributed by atoms with van der Waals surface area (Å²) in [6.07, 6.45) is 0. The van der Waals surface area contributed by atoms with E-state index in [0.717, 1.165) is 37.5 Å². The predicted octanol–water partition coefficient (Wildman–Crippen LogP) is 0.244. The number of hydrogen-bond acceptors (Lipinski definition) is 5. The second-order valence-corrected chi connectivity index (χ2v) is 6.52. The molecule has 7 nitrogen and oxygen atoms in total. The van der Waals surface area contributed by atoms with Crippen LogP contribution in [0.3, 0.4) is 0 Å². The van der Waals surface area contributed by atoms with Crippen LogP contribution in [0.5, 0.6) is 5.75 Å². The molecule has 0 aromatic heterocycles. The number of carbonyl (C=O) groups is 2. The van der Waals surface area contributed by atoms with Gasteiger partial charge in [-0.15, -0.1) is 0 Å². The molecule has 7 heteroatoms. The van der Waals surface area contributed by atoms with Crippen LogP contribution in [0.1, 0.15) is 12.5 Å². The van der Waals surface area contributed by atoms with Gasteiger partial charge in [0.1, 0.15) is 12.4 Å². The molecule has 0 unspecified atom stereocenters. The van der Waals surface area contributed by atoms with Gasteiger partial charge in [-0.05, 0) is 31.5 Å². The molecule has 1 aliphatic rings. The normalized spacial score (nSPS) is 15.5. The highest BCUT2D eigenvalue weighted by Crippen LogP contribution is 2.11. The first-order chi connectivity index (χ1) is 12.6. The average Bonchev–Trinajstić information content (AvgIpc) is 2.61. The third kappa shape index (κ3) is 7.41. The number of amides is 2. The van der Waals surface area contributed by atoms with Gasteiger partial charge >= 0.3 is 0 Å². The summed E-state index contributed by atoms with van der Waals surface area (Å²) in [5.74, 6) is 0.893. The maximum atomic E-state index is 12.0. The van der Waals surface area contributed by atoms with E-state index in [0.29, 0.717) is 32.8 Å². The fourth-order valence-electron chi connectivity index (χ4n) is 2.89. The van der Waals surface area contributed by atoms with Crippen molar-refractivity contribution in [1.82, 2.24) is 20.4 Å². The summed E-state index contributed by atoms with van der Waals surface area (Å²) >= 11 is 0. The van der Waals surface area contributed by atoms with Gasteiger partial charge in [0.25, 0.3) is 0 Å². The fourth-order valence-corrected chi connectivity index (χ4v) is 2.89. The van der Waals surface area contributed by atoms with E-state index in [4.69, 9.17) is 4.74 Å². The molecule has 2 N–H and O–H groups in total. The van der Waals surface area contributed by atoms with Crippen molar-refractivity contribution in [3.05, 3.63) is 29.8 Å². The predicted molar refractivity (Wildman–Crippen MR) is 101 cm³/mol. The molecule has 0 aliphatic carbocycles. The van der Waals surface area contributed by atoms with Crippen LogP contribution < -0.4 is 15.4 Å². The van der Waals surface area contributed by atoms with Gasteiger partial charge in [-0.3, -0.25) is 19.4 Å². The van der Waals surface area contributed by atoms with Crippen LogP contribution in [0, 0.1) is 6.92 Å². The van der Waals surface area contributed by atoms with Crippen molar-refractivity contribution in [3.63, 3.8) is 0 Å². The van der Waals surface area contributed by atoms with Crippen LogP contribution in [0.4, 0.5) is 0 Å². The lowest BCUT2D eigenvalue weighted by molar-refractivity contribution is -0.125. The minimum atomic E-state index is 0.00928. The minimum Gasteiger partial charge on any atom is -0.492 e. The van der Waals surface area contributed by atoms with Gasteiger partial charge in [-0.25, -0.2) is 0 Å². The third-order valence-corrected chi connectivity index (χ3v) is 4.26. The molecule has 144 valence electrons. The molecule has 1 aromatic rings. The Bertz CT molecular complexity index is 586. The van der Waals surface area contributed by atoms with E-state index < -0.39 is 0 Å². The Labute approximate surface area is 155 Å². The number of hydrogen-bond donors (Lipinski definition) is 2. The lowest BCUT2D eigenvalue weighted by Crippen LogP contribution is -2.51. The molecule has 2 amide bonds. The number of carbonyl (C=O) groups excluding carboxylic acids is 2. The molecule has 0 radical (unpaired) electrons. The Hall–Kier alpha value is -2.12. The molecule has 26 heavy (non-hydrogen) atoms. The molecule has 1 aliphatic heterocycles. The van der Waals surface area contributed by atoms with E-state index in [9.17, 15) is 9.59 Å². The molecule has 1 fully saturated rings. The monoisotopic (exact) mass is 362 g/mol. The second kappa shape index (κ2) is 10.8. The Kier molecular flexibility index (Phi) is 8.37. The number of rotatable bonds is 9. The largest absolute Gasteiger partial charge is 0.492 e. The summed E-state index contributed by atoms with van der Waals surface area (Å²) in [6.45, 7) is 9.57. The molecule has 2 rings (SSSR count). The maximum absolute atomic E-state index is 12.0. The van der Waals surface area contributed by atoms with E-state index in [-0.39, 0.29) is 11.8 Å². The smallest absolute Gasteiger partial charge is 0.234 e. The van der Waals surface area contributed by atoms with Gasteiger partial charge in [-0.1, -0.05) is 12.1 Å². The molecule has 0 saturated carbocycles. The van der Waals surface area contributed by atoms with Crippen molar-refractivity contribution in [2.24, 2.45) is 0 Å². The van der Waals surface area contributed by atoms with Crippen molar-refractivity contribution >= 4 is 11.8 Å². The van der Waals surface area contributed by atoms with Crippen LogP contribution in [0.25, 0.3) is 0 Å². The lowest BCUT2D eigenvalue weighted by atomic mass is 10.2. The Balaban J connectivity index is 1.57. The summed E-state index contributed by atoms with van der Waals surface area (Å²) in [5, 5.41) is 5.70. The van der Waals surface area contributed by atoms with Crippen LogP contribution in [-0.4, -0.2) is 80.6 Å². The average molecular weight is 362 g/mol. The number of likely N-dealkylation sites (N-methyl/N-ethyl adjacent to an activating group) is 1. The molecular weight excluding hydrogens is 332 g/mol. The molecular formula is C19H30N4O3. The highest BCUT2D eigenvalue weighted by molar-refractivity contribution is 5.78. The third-order valence-electron chi connectivity index (χ3n) is 4.26. The number of aryl methyl sites for hydroxylation is 1. The van der Waals surface area contributed by atoms with Gasteiger partial charge in [0, 0.05) is 32.7 Å². The molecule has 1 heterocycles. The van der Waals surface area contributed by atoms with E-state index in [2.05, 4.69) is 20.4 Å². The van der Waals surface area contributed by atoms with E-state index in [1.54, 1.807) is 0 Å². The van der Waals surface area contributed by atoms with Crippen LogP contribution >= 0.6 is 0 Å². The lowest BCUT2D eigenvalue weighted by Gasteiger charge is -2.33. The highest BCUT2D eigenvalue weighted by atomic mass is 16.5. The zero-order chi connectivity index (χ0) is 18.8. The summed E-state index contributed by atoms with van der Waals surface area (Å²) in [4.78, 5) is 27.9. The quantitative estimate of drug-likeness (QED) is 0.616. The summed E-state index contributed by atoms with van der Waals surface area (Å²) in [5.41, 5.74) is 1.15. The molecule has 1 saturated heterocycles. The van der Waals surface area contributed by atoms with Gasteiger partial charge in [-0.2, -0.15) is 0 Å². The van der Waals surface area contributed by atoms with E-state index in [1.807, 2.05) is 38.1 Å². The summed E-state index contributed by atoms with van der Waals surface area (Å²) in [7, 11) is 0. The Morgan fingerprint density at radius 2 is 1.65 bits per heavy atom. The minimum absolute atomic E-state index is 0.00928. The van der Waals surface area contributed by atoms with Gasteiger partial charge in [0.2, 0.25) is 11.8 Å². The van der Waals surface area contributed by atoms with Crippen LogP contribution in [0.2, 0.25) is 0 Å². The first-order valence-corrected chi connectivity index (χ1v) is 9.24. The Morgan fingerprint density at radius 1 is 1.04 bits per heavy atom. The standard InChI is InChI=1S/C19H30N4O3/c1-3-20-18(24)14-22-8-10-23(11-9-22)15-19(25)21-7-12-26-17-6-4-5-16(2)13-17/h4-6,13H,3,7-12,14-15H2,1-2H3,(H,20,24)(H,21,25). The highest BCUT2D eigenvalue weighted by Gasteiger charge is 2.20. The number of benzene rings is 1. The first kappa shape index (κ1) is 20.2. The van der Waals surface area contributed by atoms with Crippen LogP contribution in [-0.2, 0) is 9.59 Å². The summed E-state index contributed by atoms with van der Waals surface area (Å²) in [6, 6.07) is 7.86. The SMILES string of the molecule is CCNC(=O)CN1CCN(CC(=O)NCCOc2cccc(C)c2)CC1. The number of nitrogens with zero attached hydrogens (tertiary/aromatic N) is 2. The van der Waals surface area contributed by atoms with Crippen molar-refractivity contribution < 1.29 is 14.3 Å². The van der Waals surface area contributed by atoms with Crippen molar-refractivity contribution in [1.29, 1.82) is 0 Å². The zero-order valence-corrected chi connectivity index (χ0v) is 15.8.